The third-order valence-corrected chi connectivity index (χ3v) is 3.49. The number of rotatable bonds is 5. The van der Waals surface area contributed by atoms with Crippen molar-refractivity contribution in [2.75, 3.05) is 11.6 Å². The molecule has 1 fully saturated rings. The van der Waals surface area contributed by atoms with Gasteiger partial charge in [0, 0.05) is 12.2 Å². The fourth-order valence-corrected chi connectivity index (χ4v) is 2.61. The van der Waals surface area contributed by atoms with Gasteiger partial charge in [0.1, 0.15) is 12.1 Å². The Morgan fingerprint density at radius 3 is 2.59 bits per heavy atom. The van der Waals surface area contributed by atoms with E-state index in [9.17, 15) is 14.4 Å². The van der Waals surface area contributed by atoms with Crippen LogP contribution in [-0.2, 0) is 14.4 Å². The Bertz CT molecular complexity index is 335. The van der Waals surface area contributed by atoms with Crippen LogP contribution >= 0.6 is 11.8 Å². The lowest BCUT2D eigenvalue weighted by atomic mass is 10.1. The summed E-state index contributed by atoms with van der Waals surface area (Å²) in [5.41, 5.74) is 5.27. The highest BCUT2D eigenvalue weighted by Gasteiger charge is 2.34. The van der Waals surface area contributed by atoms with E-state index >= 15 is 0 Å². The molecule has 0 radical (unpaired) electrons. The number of nitrogens with zero attached hydrogens (tertiary/aromatic N) is 1. The molecule has 2 atom stereocenters. The highest BCUT2D eigenvalue weighted by atomic mass is 32.2. The van der Waals surface area contributed by atoms with Gasteiger partial charge in [-0.05, 0) is 6.42 Å². The Morgan fingerprint density at radius 1 is 1.41 bits per heavy atom. The van der Waals surface area contributed by atoms with Gasteiger partial charge in [-0.1, -0.05) is 0 Å². The van der Waals surface area contributed by atoms with Gasteiger partial charge in [0.05, 0.1) is 5.88 Å². The number of hydrogen-bond donors (Lipinski definition) is 3. The maximum absolute atomic E-state index is 11.7. The van der Waals surface area contributed by atoms with E-state index in [1.54, 1.807) is 0 Å². The molecule has 4 N–H and O–H groups in total. The van der Waals surface area contributed by atoms with E-state index in [2.05, 4.69) is 0 Å². The molecule has 1 aliphatic rings. The van der Waals surface area contributed by atoms with Crippen molar-refractivity contribution in [2.45, 2.75) is 24.9 Å². The molecule has 17 heavy (non-hydrogen) atoms. The minimum atomic E-state index is -1.16. The average Bonchev–Trinajstić information content (AvgIpc) is 2.73. The first-order valence-electron chi connectivity index (χ1n) is 5.02. The van der Waals surface area contributed by atoms with Crippen LogP contribution < -0.4 is 5.73 Å². The molecule has 1 rings (SSSR count). The second-order valence-electron chi connectivity index (χ2n) is 3.70. The largest absolute Gasteiger partial charge is 0.480 e. The van der Waals surface area contributed by atoms with Crippen LogP contribution in [0.25, 0.3) is 0 Å². The fourth-order valence-electron chi connectivity index (χ4n) is 1.44. The summed E-state index contributed by atoms with van der Waals surface area (Å²) in [6.45, 7) is 0. The predicted molar refractivity (Wildman–Crippen MR) is 60.4 cm³/mol. The van der Waals surface area contributed by atoms with Crippen molar-refractivity contribution >= 4 is 29.6 Å². The lowest BCUT2D eigenvalue weighted by Gasteiger charge is -2.20. The van der Waals surface area contributed by atoms with E-state index in [4.69, 9.17) is 15.9 Å². The Balaban J connectivity index is 2.47. The van der Waals surface area contributed by atoms with E-state index in [0.29, 0.717) is 11.6 Å². The van der Waals surface area contributed by atoms with Crippen LogP contribution in [0.2, 0.25) is 0 Å². The third-order valence-electron chi connectivity index (χ3n) is 2.47. The first-order valence-corrected chi connectivity index (χ1v) is 6.17. The van der Waals surface area contributed by atoms with Gasteiger partial charge in [-0.15, -0.1) is 11.8 Å². The van der Waals surface area contributed by atoms with Gasteiger partial charge >= 0.3 is 11.9 Å². The molecule has 0 aromatic heterocycles. The highest BCUT2D eigenvalue weighted by molar-refractivity contribution is 7.99. The molecule has 0 aromatic rings. The van der Waals surface area contributed by atoms with Gasteiger partial charge in [-0.25, -0.2) is 4.79 Å². The number of amides is 1. The summed E-state index contributed by atoms with van der Waals surface area (Å²) in [4.78, 5) is 34.2. The zero-order chi connectivity index (χ0) is 13.0. The molecule has 1 heterocycles. The van der Waals surface area contributed by atoms with Gasteiger partial charge in [-0.2, -0.15) is 0 Å². The Kier molecular flexibility index (Phi) is 4.76. The van der Waals surface area contributed by atoms with Crippen molar-refractivity contribution in [3.8, 4) is 0 Å². The number of carboxylic acids is 2. The molecule has 7 nitrogen and oxygen atoms in total. The average molecular weight is 262 g/mol. The van der Waals surface area contributed by atoms with Gasteiger partial charge in [0.2, 0.25) is 5.91 Å². The van der Waals surface area contributed by atoms with Crippen LogP contribution in [0.3, 0.4) is 0 Å². The molecule has 0 spiro atoms. The quantitative estimate of drug-likeness (QED) is 0.591. The van der Waals surface area contributed by atoms with Crippen LogP contribution in [0.4, 0.5) is 0 Å². The molecular weight excluding hydrogens is 248 g/mol. The van der Waals surface area contributed by atoms with E-state index < -0.39 is 24.0 Å². The summed E-state index contributed by atoms with van der Waals surface area (Å²) >= 11 is 1.36. The molecule has 1 amide bonds. The maximum Gasteiger partial charge on any atom is 0.327 e. The lowest BCUT2D eigenvalue weighted by molar-refractivity contribution is -0.148. The second kappa shape index (κ2) is 5.87. The molecule has 8 heteroatoms. The number of carbonyl (C=O) groups is 3. The van der Waals surface area contributed by atoms with Crippen molar-refractivity contribution in [3.05, 3.63) is 0 Å². The van der Waals surface area contributed by atoms with Crippen LogP contribution in [0.1, 0.15) is 12.8 Å². The summed E-state index contributed by atoms with van der Waals surface area (Å²) in [6.07, 6.45) is -0.0283. The van der Waals surface area contributed by atoms with Crippen molar-refractivity contribution < 1.29 is 24.6 Å². The van der Waals surface area contributed by atoms with Crippen LogP contribution in [0.15, 0.2) is 0 Å². The summed E-state index contributed by atoms with van der Waals surface area (Å²) in [5.74, 6) is -1.86. The monoisotopic (exact) mass is 262 g/mol. The maximum atomic E-state index is 11.7. The zero-order valence-electron chi connectivity index (χ0n) is 9.04. The lowest BCUT2D eigenvalue weighted by Crippen LogP contribution is -2.42. The minimum absolute atomic E-state index is 0.0155. The Hall–Kier alpha value is -1.28. The smallest absolute Gasteiger partial charge is 0.327 e. The predicted octanol–water partition coefficient (Wildman–Crippen LogP) is -0.835. The standard InChI is InChI=1S/C9H14N2O5S/c10-5(8(13)14)1-2-7(12)11-4-17-3-6(11)9(15)16/h5-6H,1-4,10H2,(H,13,14)(H,15,16)/t5-,6-/m0/s1. The van der Waals surface area contributed by atoms with Crippen LogP contribution in [0.5, 0.6) is 0 Å². The Labute approximate surface area is 102 Å². The van der Waals surface area contributed by atoms with Crippen molar-refractivity contribution in [2.24, 2.45) is 5.73 Å². The number of nitrogens with two attached hydrogens (primary N) is 1. The topological polar surface area (TPSA) is 121 Å². The summed E-state index contributed by atoms with van der Waals surface area (Å²) in [6, 6.07) is -1.90. The number of aliphatic carboxylic acids is 2. The summed E-state index contributed by atoms with van der Waals surface area (Å²) in [7, 11) is 0. The Morgan fingerprint density at radius 2 is 2.06 bits per heavy atom. The summed E-state index contributed by atoms with van der Waals surface area (Å²) < 4.78 is 0. The highest BCUT2D eigenvalue weighted by Crippen LogP contribution is 2.22. The van der Waals surface area contributed by atoms with Gasteiger partial charge < -0.3 is 20.8 Å². The zero-order valence-corrected chi connectivity index (χ0v) is 9.85. The van der Waals surface area contributed by atoms with Crippen molar-refractivity contribution in [1.29, 1.82) is 0 Å². The molecule has 96 valence electrons. The normalized spacial score (nSPS) is 21.2. The number of carboxylic acid groups (broad SMARTS) is 2. The van der Waals surface area contributed by atoms with Gasteiger partial charge in [0.15, 0.2) is 0 Å². The molecule has 0 aromatic carbocycles. The number of hydrogen-bond acceptors (Lipinski definition) is 5. The fraction of sp³-hybridized carbons (Fsp3) is 0.667. The molecule has 0 saturated carbocycles. The van der Waals surface area contributed by atoms with Crippen LogP contribution in [0, 0.1) is 0 Å². The van der Waals surface area contributed by atoms with Crippen molar-refractivity contribution in [1.82, 2.24) is 4.90 Å². The van der Waals surface area contributed by atoms with E-state index in [-0.39, 0.29) is 18.7 Å². The van der Waals surface area contributed by atoms with E-state index in [0.717, 1.165) is 0 Å². The molecule has 0 bridgehead atoms. The number of thioether (sulfide) groups is 1. The SMILES string of the molecule is N[C@@H](CCC(=O)N1CSC[C@H]1C(=O)O)C(=O)O. The molecule has 1 aliphatic heterocycles. The number of carbonyl (C=O) groups excluding carboxylic acids is 1. The first-order chi connectivity index (χ1) is 7.93. The van der Waals surface area contributed by atoms with Crippen LogP contribution in [-0.4, -0.2) is 56.7 Å². The molecule has 0 aliphatic carbocycles. The third kappa shape index (κ3) is 3.60. The molecule has 0 unspecified atom stereocenters. The minimum Gasteiger partial charge on any atom is -0.480 e. The van der Waals surface area contributed by atoms with Crippen molar-refractivity contribution in [3.63, 3.8) is 0 Å². The molecule has 1 saturated heterocycles. The van der Waals surface area contributed by atoms with E-state index in [1.807, 2.05) is 0 Å². The first kappa shape index (κ1) is 13.8. The van der Waals surface area contributed by atoms with Gasteiger partial charge in [0.25, 0.3) is 0 Å². The second-order valence-corrected chi connectivity index (χ2v) is 4.70. The van der Waals surface area contributed by atoms with Gasteiger partial charge in [-0.3, -0.25) is 9.59 Å². The van der Waals surface area contributed by atoms with E-state index in [1.165, 1.54) is 16.7 Å². The summed E-state index contributed by atoms with van der Waals surface area (Å²) in [5, 5.41) is 17.4. The molecular formula is C9H14N2O5S.